The largest absolute Gasteiger partial charge is 0.430 e. The Bertz CT molecular complexity index is 1200. The van der Waals surface area contributed by atoms with Crippen molar-refractivity contribution < 1.29 is 27.9 Å². The maximum absolute atomic E-state index is 14.0. The summed E-state index contributed by atoms with van der Waals surface area (Å²) in [6.45, 7) is 1.77. The van der Waals surface area contributed by atoms with E-state index in [-0.39, 0.29) is 23.8 Å². The van der Waals surface area contributed by atoms with Gasteiger partial charge in [-0.2, -0.15) is 13.2 Å². The van der Waals surface area contributed by atoms with Crippen LogP contribution in [-0.2, 0) is 10.4 Å². The van der Waals surface area contributed by atoms with E-state index < -0.39 is 23.2 Å². The summed E-state index contributed by atoms with van der Waals surface area (Å²) in [5.74, 6) is -1.45. The van der Waals surface area contributed by atoms with Crippen LogP contribution in [0.15, 0.2) is 48.5 Å². The molecule has 2 aromatic carbocycles. The second-order valence-corrected chi connectivity index (χ2v) is 11.6. The highest BCUT2D eigenvalue weighted by Gasteiger charge is 2.61. The van der Waals surface area contributed by atoms with Gasteiger partial charge in [-0.25, -0.2) is 0 Å². The van der Waals surface area contributed by atoms with Crippen molar-refractivity contribution in [2.45, 2.75) is 43.9 Å². The highest BCUT2D eigenvalue weighted by molar-refractivity contribution is 6.34. The molecule has 0 radical (unpaired) electrons. The molecule has 4 rings (SSSR count). The topological polar surface area (TPSA) is 64.1 Å². The highest BCUT2D eigenvalue weighted by atomic mass is 35.5. The molecule has 2 aliphatic rings. The Morgan fingerprint density at radius 3 is 2.26 bits per heavy atom. The molecular weight excluding hydrogens is 531 g/mol. The number of piperidine rings is 1. The number of anilines is 1. The van der Waals surface area contributed by atoms with Crippen molar-refractivity contribution in [2.24, 2.45) is 11.3 Å². The Hall–Kier alpha value is -2.78. The van der Waals surface area contributed by atoms with E-state index in [1.165, 1.54) is 30.1 Å². The van der Waals surface area contributed by atoms with Gasteiger partial charge in [-0.3, -0.25) is 9.59 Å². The van der Waals surface area contributed by atoms with Crippen LogP contribution in [0.4, 0.5) is 18.9 Å². The number of likely N-dealkylation sites (N-methyl/N-ethyl adjacent to an activating group) is 1. The lowest BCUT2D eigenvalue weighted by Gasteiger charge is -2.41. The molecule has 1 spiro atoms. The van der Waals surface area contributed by atoms with Crippen LogP contribution in [0, 0.1) is 11.3 Å². The van der Waals surface area contributed by atoms with Crippen molar-refractivity contribution in [3.63, 3.8) is 0 Å². The fraction of sp³-hybridized carbons (Fsp3) is 0.517. The van der Waals surface area contributed by atoms with Crippen molar-refractivity contribution in [3.8, 4) is 0 Å². The zero-order chi connectivity index (χ0) is 28.6. The summed E-state index contributed by atoms with van der Waals surface area (Å²) in [6, 6.07) is 12.0. The van der Waals surface area contributed by atoms with E-state index in [1.54, 1.807) is 20.2 Å². The van der Waals surface area contributed by atoms with Gasteiger partial charge in [0.05, 0.1) is 10.6 Å². The molecule has 2 aromatic rings. The van der Waals surface area contributed by atoms with Crippen LogP contribution in [0.5, 0.6) is 0 Å². The molecule has 2 atom stereocenters. The molecule has 39 heavy (non-hydrogen) atoms. The van der Waals surface area contributed by atoms with Gasteiger partial charge in [-0.05, 0) is 61.6 Å². The van der Waals surface area contributed by atoms with Crippen LogP contribution in [-0.4, -0.2) is 73.7 Å². The highest BCUT2D eigenvalue weighted by Crippen LogP contribution is 2.50. The van der Waals surface area contributed by atoms with E-state index in [1.807, 2.05) is 12.1 Å². The average Bonchev–Trinajstić information content (AvgIpc) is 3.28. The van der Waals surface area contributed by atoms with E-state index >= 15 is 0 Å². The predicted molar refractivity (Wildman–Crippen MR) is 145 cm³/mol. The number of alkyl halides is 3. The van der Waals surface area contributed by atoms with Gasteiger partial charge in [0.15, 0.2) is 0 Å². The van der Waals surface area contributed by atoms with Gasteiger partial charge < -0.3 is 19.8 Å². The Kier molecular flexibility index (Phi) is 8.24. The lowest BCUT2D eigenvalue weighted by Crippen LogP contribution is -2.55. The number of amides is 2. The lowest BCUT2D eigenvalue weighted by atomic mass is 9.76. The fourth-order valence-electron chi connectivity index (χ4n) is 6.13. The average molecular weight is 566 g/mol. The molecule has 1 heterocycles. The van der Waals surface area contributed by atoms with Gasteiger partial charge >= 0.3 is 6.18 Å². The van der Waals surface area contributed by atoms with E-state index in [4.69, 9.17) is 11.6 Å². The number of nitrogens with zero attached hydrogens (tertiary/aromatic N) is 3. The first-order valence-electron chi connectivity index (χ1n) is 13.1. The molecule has 1 saturated heterocycles. The number of rotatable bonds is 6. The molecule has 2 fully saturated rings. The van der Waals surface area contributed by atoms with E-state index in [2.05, 4.69) is 4.90 Å². The third-order valence-electron chi connectivity index (χ3n) is 8.37. The molecule has 1 aliphatic heterocycles. The third-order valence-corrected chi connectivity index (χ3v) is 8.69. The molecule has 0 unspecified atom stereocenters. The van der Waals surface area contributed by atoms with Crippen molar-refractivity contribution >= 4 is 29.1 Å². The van der Waals surface area contributed by atoms with Crippen LogP contribution in [0.1, 0.15) is 48.0 Å². The second kappa shape index (κ2) is 11.0. The van der Waals surface area contributed by atoms with E-state index in [9.17, 15) is 27.9 Å². The standard InChI is InChI=1S/C29H35ClF3N3O3/c1-34(2)25(37)23-10-9-22(17-24(23)30)36-15-13-27(14-16-36)12-11-20(18-27)19-35(3)26(38)28(39,29(31,32)33)21-7-5-4-6-8-21/h4-10,17,20,39H,11-16,18-19H2,1-3H3/t20-,28-/m1/s1. The predicted octanol–water partition coefficient (Wildman–Crippen LogP) is 5.34. The summed E-state index contributed by atoms with van der Waals surface area (Å²) in [5, 5.41) is 11.1. The fourth-order valence-corrected chi connectivity index (χ4v) is 6.38. The van der Waals surface area contributed by atoms with Crippen LogP contribution in [0.3, 0.4) is 0 Å². The van der Waals surface area contributed by atoms with E-state index in [0.29, 0.717) is 10.6 Å². The Morgan fingerprint density at radius 1 is 1.05 bits per heavy atom. The smallest absolute Gasteiger partial charge is 0.371 e. The molecule has 2 amide bonds. The summed E-state index contributed by atoms with van der Waals surface area (Å²) in [7, 11) is 4.70. The number of hydrogen-bond acceptors (Lipinski definition) is 4. The van der Waals surface area contributed by atoms with Gasteiger partial charge in [-0.1, -0.05) is 41.9 Å². The Labute approximate surface area is 232 Å². The van der Waals surface area contributed by atoms with Crippen LogP contribution in [0.2, 0.25) is 5.02 Å². The third kappa shape index (κ3) is 5.75. The van der Waals surface area contributed by atoms with Gasteiger partial charge in [0.2, 0.25) is 0 Å². The van der Waals surface area contributed by atoms with Crippen molar-refractivity contribution in [1.82, 2.24) is 9.80 Å². The second-order valence-electron chi connectivity index (χ2n) is 11.2. The van der Waals surface area contributed by atoms with Gasteiger partial charge in [0.1, 0.15) is 0 Å². The normalized spacial score (nSPS) is 20.5. The number of hydrogen-bond donors (Lipinski definition) is 1. The van der Waals surface area contributed by atoms with Gasteiger partial charge in [0, 0.05) is 52.0 Å². The molecule has 212 valence electrons. The monoisotopic (exact) mass is 565 g/mol. The van der Waals surface area contributed by atoms with Crippen molar-refractivity contribution in [1.29, 1.82) is 0 Å². The van der Waals surface area contributed by atoms with Gasteiger partial charge in [0.25, 0.3) is 17.4 Å². The first kappa shape index (κ1) is 29.2. The van der Waals surface area contributed by atoms with Crippen LogP contribution >= 0.6 is 11.6 Å². The Balaban J connectivity index is 1.37. The van der Waals surface area contributed by atoms with Gasteiger partial charge in [-0.15, -0.1) is 0 Å². The van der Waals surface area contributed by atoms with Crippen LogP contribution < -0.4 is 4.90 Å². The molecule has 0 aromatic heterocycles. The molecule has 1 saturated carbocycles. The molecule has 1 aliphatic carbocycles. The summed E-state index contributed by atoms with van der Waals surface area (Å²) >= 11 is 6.41. The number of aliphatic hydroxyl groups is 1. The quantitative estimate of drug-likeness (QED) is 0.514. The number of carbonyl (C=O) groups is 2. The summed E-state index contributed by atoms with van der Waals surface area (Å²) < 4.78 is 41.9. The zero-order valence-electron chi connectivity index (χ0n) is 22.5. The lowest BCUT2D eigenvalue weighted by molar-refractivity contribution is -0.261. The molecule has 1 N–H and O–H groups in total. The maximum Gasteiger partial charge on any atom is 0.430 e. The number of carbonyl (C=O) groups excluding carboxylic acids is 2. The minimum Gasteiger partial charge on any atom is -0.371 e. The zero-order valence-corrected chi connectivity index (χ0v) is 23.2. The summed E-state index contributed by atoms with van der Waals surface area (Å²) in [5.41, 5.74) is -2.57. The first-order chi connectivity index (χ1) is 18.3. The summed E-state index contributed by atoms with van der Waals surface area (Å²) in [6.07, 6.45) is -0.704. The van der Waals surface area contributed by atoms with Crippen molar-refractivity contribution in [3.05, 3.63) is 64.7 Å². The SMILES string of the molecule is CN(C)C(=O)c1ccc(N2CCC3(CC[C@@H](CN(C)C(=O)[C@](O)(c4ccccc4)C(F)(F)F)C3)CC2)cc1Cl. The maximum atomic E-state index is 14.0. The minimum absolute atomic E-state index is 0.0598. The molecule has 6 nitrogen and oxygen atoms in total. The molecule has 0 bridgehead atoms. The minimum atomic E-state index is -5.15. The van der Waals surface area contributed by atoms with Crippen molar-refractivity contribution in [2.75, 3.05) is 45.7 Å². The molecular formula is C29H35ClF3N3O3. The summed E-state index contributed by atoms with van der Waals surface area (Å²) in [4.78, 5) is 30.1. The number of benzene rings is 2. The Morgan fingerprint density at radius 2 is 1.69 bits per heavy atom. The first-order valence-corrected chi connectivity index (χ1v) is 13.5. The molecule has 10 heteroatoms. The number of halogens is 4. The van der Waals surface area contributed by atoms with E-state index in [0.717, 1.165) is 67.9 Å². The van der Waals surface area contributed by atoms with Crippen LogP contribution in [0.25, 0.3) is 0 Å².